The third-order valence-corrected chi connectivity index (χ3v) is 23.6. The van der Waals surface area contributed by atoms with Gasteiger partial charge in [-0.05, 0) is 0 Å². The second-order valence-electron chi connectivity index (χ2n) is 7.95. The zero-order valence-corrected chi connectivity index (χ0v) is 24.3. The van der Waals surface area contributed by atoms with Gasteiger partial charge >= 0.3 is 158 Å². The Hall–Kier alpha value is 0.120. The maximum atomic E-state index is 2.58. The Balaban J connectivity index is 0.00000177. The largest absolute Gasteiger partial charge is 1.00 e. The van der Waals surface area contributed by atoms with Crippen LogP contribution in [0.2, 0.25) is 6.55 Å². The van der Waals surface area contributed by atoms with E-state index in [1.165, 1.54) is 6.42 Å². The van der Waals surface area contributed by atoms with Crippen LogP contribution in [0, 0.1) is 0 Å². The van der Waals surface area contributed by atoms with Gasteiger partial charge in [-0.25, -0.2) is 0 Å². The van der Waals surface area contributed by atoms with Crippen LogP contribution in [-0.2, 0) is 20.9 Å². The van der Waals surface area contributed by atoms with Crippen molar-refractivity contribution >= 4 is 12.7 Å². The fourth-order valence-electron chi connectivity index (χ4n) is 4.26. The zero-order valence-electron chi connectivity index (χ0n) is 18.9. The van der Waals surface area contributed by atoms with E-state index in [1.807, 2.05) is 17.1 Å². The summed E-state index contributed by atoms with van der Waals surface area (Å²) in [5, 5.41) is 0. The topological polar surface area (TPSA) is 0 Å². The second-order valence-corrected chi connectivity index (χ2v) is 24.0. The maximum absolute atomic E-state index is 2.58. The van der Waals surface area contributed by atoms with E-state index < -0.39 is 20.9 Å². The van der Waals surface area contributed by atoms with Gasteiger partial charge in [0.2, 0.25) is 0 Å². The first-order valence-electron chi connectivity index (χ1n) is 10.5. The van der Waals surface area contributed by atoms with Crippen molar-refractivity contribution in [1.82, 2.24) is 0 Å². The van der Waals surface area contributed by atoms with Gasteiger partial charge in [0.15, 0.2) is 0 Å². The molecule has 0 fully saturated rings. The van der Waals surface area contributed by atoms with Gasteiger partial charge in [0, 0.05) is 0 Å². The summed E-state index contributed by atoms with van der Waals surface area (Å²) in [5.74, 6) is 1.23. The summed E-state index contributed by atoms with van der Waals surface area (Å²) in [6.07, 6.45) is 11.0. The fourth-order valence-corrected chi connectivity index (χ4v) is 21.9. The van der Waals surface area contributed by atoms with E-state index in [1.54, 1.807) is 27.8 Å². The summed E-state index contributed by atoms with van der Waals surface area (Å²) in [4.78, 5) is 0. The van der Waals surface area contributed by atoms with Crippen LogP contribution in [0.3, 0.4) is 0 Å². The predicted molar refractivity (Wildman–Crippen MR) is 119 cm³/mol. The molecule has 0 bridgehead atoms. The summed E-state index contributed by atoms with van der Waals surface area (Å²) in [5.41, 5.74) is 8.09. The third kappa shape index (κ3) is 5.84. The monoisotopic (exact) mass is 513 g/mol. The van der Waals surface area contributed by atoms with Crippen molar-refractivity contribution in [3.63, 3.8) is 0 Å². The molecule has 0 spiro atoms. The SMILES string of the molecule is CC.C[SiH2][Zr+2]([C]1=CC=CC1)[CH]1C(C)=Cc2c(C(C)C)cc(C(C)C)cc21.[Cl-].[Cl-]. The first-order chi connectivity index (χ1) is 12.4. The number of halogens is 2. The number of fused-ring (bicyclic) bond motifs is 1. The first kappa shape index (κ1) is 28.1. The van der Waals surface area contributed by atoms with E-state index in [2.05, 4.69) is 77.6 Å². The van der Waals surface area contributed by atoms with Crippen molar-refractivity contribution < 1.29 is 45.7 Å². The molecule has 1 aromatic rings. The fraction of sp³-hybridized carbons (Fsp3) is 0.500. The molecular formula is C24H37Cl2SiZr. The second kappa shape index (κ2) is 12.7. The number of allylic oxidation sites excluding steroid dienone is 5. The van der Waals surface area contributed by atoms with E-state index in [9.17, 15) is 0 Å². The van der Waals surface area contributed by atoms with Crippen molar-refractivity contribution in [3.05, 3.63) is 61.5 Å². The number of hydrogen-bond donors (Lipinski definition) is 0. The molecule has 0 aromatic heterocycles. The van der Waals surface area contributed by atoms with E-state index in [4.69, 9.17) is 0 Å². The molecule has 2 aliphatic rings. The van der Waals surface area contributed by atoms with Crippen LogP contribution < -0.4 is 24.8 Å². The van der Waals surface area contributed by atoms with Crippen LogP contribution in [0.1, 0.15) is 92.6 Å². The Morgan fingerprint density at radius 2 is 1.68 bits per heavy atom. The Morgan fingerprint density at radius 3 is 2.14 bits per heavy atom. The molecule has 28 heavy (non-hydrogen) atoms. The molecule has 155 valence electrons. The molecule has 3 rings (SSSR count). The van der Waals surface area contributed by atoms with E-state index in [-0.39, 0.29) is 31.5 Å². The summed E-state index contributed by atoms with van der Waals surface area (Å²) in [7, 11) is 0. The van der Waals surface area contributed by atoms with Gasteiger partial charge in [-0.1, -0.05) is 13.8 Å². The van der Waals surface area contributed by atoms with Crippen LogP contribution in [-0.4, -0.2) is 6.65 Å². The van der Waals surface area contributed by atoms with Gasteiger partial charge in [-0.15, -0.1) is 0 Å². The molecule has 0 radical (unpaired) electrons. The molecule has 0 N–H and O–H groups in total. The molecule has 0 aliphatic heterocycles. The average molecular weight is 516 g/mol. The standard InChI is InChI=1S/C16H21.C5H5.C2H6.CH5Si.2ClH.Zr/c1-10(2)13-8-14-6-12(5)7-16(14)15(9-13)11(3)4;1-2-4-5-3-1;2*1-2;;;/h6-11H,1-5H3;1-3H,4H2;1-2H3;2H2,1H3;2*1H;/q;;;;;;+2/p-2. The van der Waals surface area contributed by atoms with Crippen LogP contribution in [0.15, 0.2) is 39.2 Å². The molecule has 0 amide bonds. The van der Waals surface area contributed by atoms with Crippen molar-refractivity contribution in [2.24, 2.45) is 0 Å². The molecule has 1 atom stereocenters. The number of hydrogen-bond acceptors (Lipinski definition) is 0. The van der Waals surface area contributed by atoms with Crippen LogP contribution in [0.25, 0.3) is 6.08 Å². The van der Waals surface area contributed by atoms with Crippen molar-refractivity contribution in [2.45, 2.75) is 76.9 Å². The van der Waals surface area contributed by atoms with Gasteiger partial charge in [0.25, 0.3) is 0 Å². The van der Waals surface area contributed by atoms with Crippen LogP contribution >= 0.6 is 0 Å². The number of benzene rings is 1. The number of rotatable bonds is 5. The molecule has 0 heterocycles. The molecule has 4 heteroatoms. The third-order valence-electron chi connectivity index (χ3n) is 5.61. The Labute approximate surface area is 195 Å². The van der Waals surface area contributed by atoms with Crippen molar-refractivity contribution in [1.29, 1.82) is 0 Å². The normalized spacial score (nSPS) is 17.0. The Kier molecular flexibility index (Phi) is 12.8. The molecule has 0 saturated carbocycles. The summed E-state index contributed by atoms with van der Waals surface area (Å²) >= 11 is -1.52. The van der Waals surface area contributed by atoms with Gasteiger partial charge in [0.1, 0.15) is 0 Å². The minimum Gasteiger partial charge on any atom is -1.00 e. The van der Waals surface area contributed by atoms with Gasteiger partial charge in [-0.3, -0.25) is 0 Å². The summed E-state index contributed by atoms with van der Waals surface area (Å²) in [6, 6.07) is 5.07. The molecule has 2 aliphatic carbocycles. The van der Waals surface area contributed by atoms with E-state index >= 15 is 0 Å². The molecule has 0 saturated heterocycles. The molecule has 1 aromatic carbocycles. The van der Waals surface area contributed by atoms with Gasteiger partial charge in [0.05, 0.1) is 0 Å². The maximum Gasteiger partial charge on any atom is -1.00 e. The van der Waals surface area contributed by atoms with Crippen molar-refractivity contribution in [2.75, 3.05) is 0 Å². The Morgan fingerprint density at radius 1 is 1.04 bits per heavy atom. The minimum absolute atomic E-state index is 0. The summed E-state index contributed by atoms with van der Waals surface area (Å²) in [6.45, 7) is 18.5. The van der Waals surface area contributed by atoms with Crippen molar-refractivity contribution in [3.8, 4) is 0 Å². The summed E-state index contributed by atoms with van der Waals surface area (Å²) < 4.78 is 2.69. The Bertz CT molecular complexity index is 732. The molecule has 0 nitrogen and oxygen atoms in total. The van der Waals surface area contributed by atoms with Gasteiger partial charge in [-0.2, -0.15) is 0 Å². The smallest absolute Gasteiger partial charge is 1.00 e. The predicted octanol–water partition coefficient (Wildman–Crippen LogP) is 1.02. The average Bonchev–Trinajstić information content (AvgIpc) is 3.25. The first-order valence-corrected chi connectivity index (χ1v) is 20.5. The van der Waals surface area contributed by atoms with Gasteiger partial charge < -0.3 is 24.8 Å². The van der Waals surface area contributed by atoms with E-state index in [0.29, 0.717) is 11.8 Å². The van der Waals surface area contributed by atoms with Crippen LogP contribution in [0.4, 0.5) is 0 Å². The molecular weight excluding hydrogens is 478 g/mol. The molecule has 1 unspecified atom stereocenters. The minimum atomic E-state index is -1.52. The van der Waals surface area contributed by atoms with Crippen LogP contribution in [0.5, 0.6) is 0 Å². The quantitative estimate of drug-likeness (QED) is 0.514. The van der Waals surface area contributed by atoms with E-state index in [0.717, 1.165) is 3.63 Å². The zero-order chi connectivity index (χ0) is 19.4.